The Morgan fingerprint density at radius 3 is 2.68 bits per heavy atom. The van der Waals surface area contributed by atoms with E-state index < -0.39 is 6.10 Å². The fourth-order valence-electron chi connectivity index (χ4n) is 3.83. The maximum Gasteiger partial charge on any atom is 0.102 e. The van der Waals surface area contributed by atoms with Gasteiger partial charge in [-0.05, 0) is 41.3 Å². The number of aliphatic hydroxyl groups is 1. The van der Waals surface area contributed by atoms with Gasteiger partial charge in [0.25, 0.3) is 0 Å². The Labute approximate surface area is 148 Å². The number of aromatic nitrogens is 1. The van der Waals surface area contributed by atoms with Gasteiger partial charge in [-0.15, -0.1) is 0 Å². The summed E-state index contributed by atoms with van der Waals surface area (Å²) in [4.78, 5) is 0. The lowest BCUT2D eigenvalue weighted by Gasteiger charge is -2.16. The minimum Gasteiger partial charge on any atom is -0.390 e. The summed E-state index contributed by atoms with van der Waals surface area (Å²) in [6, 6.07) is 17.2. The van der Waals surface area contributed by atoms with E-state index in [0.29, 0.717) is 6.42 Å². The quantitative estimate of drug-likeness (QED) is 0.793. The Kier molecular flexibility index (Phi) is 4.20. The summed E-state index contributed by atoms with van der Waals surface area (Å²) >= 11 is 0. The Bertz CT molecular complexity index is 924. The molecule has 0 spiro atoms. The highest BCUT2D eigenvalue weighted by Crippen LogP contribution is 2.31. The first-order valence-corrected chi connectivity index (χ1v) is 8.70. The van der Waals surface area contributed by atoms with Crippen LogP contribution in [0.3, 0.4) is 0 Å². The molecule has 3 nitrogen and oxygen atoms in total. The Hall–Kier alpha value is -2.36. The number of rotatable bonds is 3. The molecule has 3 heteroatoms. The Morgan fingerprint density at radius 1 is 1.12 bits per heavy atom. The third-order valence-corrected chi connectivity index (χ3v) is 5.18. The van der Waals surface area contributed by atoms with Crippen LogP contribution in [0.2, 0.25) is 0 Å². The average molecular weight is 333 g/mol. The average Bonchev–Trinajstić information content (AvgIpc) is 2.78. The molecule has 0 radical (unpaired) electrons. The molecule has 25 heavy (non-hydrogen) atoms. The van der Waals surface area contributed by atoms with Gasteiger partial charge in [0.2, 0.25) is 0 Å². The fraction of sp³-hybridized carbons (Fsp3) is 0.273. The summed E-state index contributed by atoms with van der Waals surface area (Å²) in [5, 5.41) is 11.7. The van der Waals surface area contributed by atoms with E-state index in [4.69, 9.17) is 4.74 Å². The first-order chi connectivity index (χ1) is 12.2. The number of aryl methyl sites for hydroxylation is 1. The van der Waals surface area contributed by atoms with Crippen molar-refractivity contribution >= 4 is 17.0 Å². The van der Waals surface area contributed by atoms with Gasteiger partial charge in [-0.2, -0.15) is 0 Å². The van der Waals surface area contributed by atoms with Crippen molar-refractivity contribution in [3.63, 3.8) is 0 Å². The predicted molar refractivity (Wildman–Crippen MR) is 102 cm³/mol. The fourth-order valence-corrected chi connectivity index (χ4v) is 3.83. The van der Waals surface area contributed by atoms with E-state index in [1.165, 1.54) is 27.6 Å². The molecule has 2 atom stereocenters. The van der Waals surface area contributed by atoms with Crippen LogP contribution in [-0.2, 0) is 24.6 Å². The van der Waals surface area contributed by atoms with E-state index in [1.54, 1.807) is 7.11 Å². The summed E-state index contributed by atoms with van der Waals surface area (Å²) in [5.41, 5.74) is 6.16. The molecule has 1 heterocycles. The molecule has 1 N–H and O–H groups in total. The van der Waals surface area contributed by atoms with Crippen LogP contribution in [0.15, 0.2) is 54.6 Å². The van der Waals surface area contributed by atoms with Gasteiger partial charge in [-0.1, -0.05) is 42.5 Å². The maximum atomic E-state index is 10.5. The molecule has 3 aromatic rings. The van der Waals surface area contributed by atoms with Gasteiger partial charge in [0.1, 0.15) is 6.10 Å². The lowest BCUT2D eigenvalue weighted by Crippen LogP contribution is -2.27. The number of hydrogen-bond donors (Lipinski definition) is 1. The smallest absolute Gasteiger partial charge is 0.102 e. The Morgan fingerprint density at radius 2 is 1.92 bits per heavy atom. The number of aliphatic hydroxyl groups excluding tert-OH is 1. The minimum atomic E-state index is -0.522. The van der Waals surface area contributed by atoms with Gasteiger partial charge < -0.3 is 14.4 Å². The van der Waals surface area contributed by atoms with Crippen LogP contribution >= 0.6 is 0 Å². The molecule has 0 saturated carbocycles. The highest BCUT2D eigenvalue weighted by molar-refractivity contribution is 5.89. The molecule has 0 bridgehead atoms. The van der Waals surface area contributed by atoms with E-state index in [0.717, 1.165) is 12.1 Å². The lowest BCUT2D eigenvalue weighted by atomic mass is 9.99. The second kappa shape index (κ2) is 6.51. The van der Waals surface area contributed by atoms with Crippen LogP contribution in [0.4, 0.5) is 0 Å². The largest absolute Gasteiger partial charge is 0.390 e. The van der Waals surface area contributed by atoms with Crippen molar-refractivity contribution in [3.8, 4) is 0 Å². The molecular weight excluding hydrogens is 310 g/mol. The number of fused-ring (bicyclic) bond motifs is 3. The number of benzene rings is 2. The topological polar surface area (TPSA) is 34.4 Å². The molecular formula is C22H23NO2. The van der Waals surface area contributed by atoms with Gasteiger partial charge in [0.15, 0.2) is 0 Å². The predicted octanol–water partition coefficient (Wildman–Crippen LogP) is 3.71. The summed E-state index contributed by atoms with van der Waals surface area (Å²) in [7, 11) is 3.73. The number of methoxy groups -OCH3 is 1. The van der Waals surface area contributed by atoms with Gasteiger partial charge in [-0.3, -0.25) is 0 Å². The molecule has 0 fully saturated rings. The van der Waals surface area contributed by atoms with Gasteiger partial charge in [0.05, 0.1) is 6.10 Å². The summed E-state index contributed by atoms with van der Waals surface area (Å²) in [6.45, 7) is 0. The van der Waals surface area contributed by atoms with Crippen molar-refractivity contribution in [2.75, 3.05) is 7.11 Å². The third-order valence-electron chi connectivity index (χ3n) is 5.18. The minimum absolute atomic E-state index is 0.255. The SMILES string of the molecule is COC1C=Cc2c(c3cc(Cc4ccccc4)ccc3n2C)CC1O. The number of hydrogen-bond acceptors (Lipinski definition) is 2. The zero-order valence-corrected chi connectivity index (χ0v) is 14.6. The van der Waals surface area contributed by atoms with Crippen molar-refractivity contribution in [3.05, 3.63) is 77.0 Å². The molecule has 1 aromatic heterocycles. The van der Waals surface area contributed by atoms with E-state index in [-0.39, 0.29) is 6.10 Å². The normalized spacial score (nSPS) is 19.8. The van der Waals surface area contributed by atoms with E-state index in [1.807, 2.05) is 12.1 Å². The first-order valence-electron chi connectivity index (χ1n) is 8.70. The van der Waals surface area contributed by atoms with E-state index in [9.17, 15) is 5.11 Å². The van der Waals surface area contributed by atoms with Crippen molar-refractivity contribution in [2.45, 2.75) is 25.0 Å². The highest BCUT2D eigenvalue weighted by Gasteiger charge is 2.24. The Balaban J connectivity index is 1.78. The number of nitrogens with zero attached hydrogens (tertiary/aromatic N) is 1. The van der Waals surface area contributed by atoms with Crippen molar-refractivity contribution in [2.24, 2.45) is 7.05 Å². The molecule has 1 aliphatic rings. The van der Waals surface area contributed by atoms with Crippen LogP contribution < -0.4 is 0 Å². The number of ether oxygens (including phenoxy) is 1. The second-order valence-electron chi connectivity index (χ2n) is 6.77. The zero-order valence-electron chi connectivity index (χ0n) is 14.6. The second-order valence-corrected chi connectivity index (χ2v) is 6.77. The van der Waals surface area contributed by atoms with Crippen molar-refractivity contribution in [1.82, 2.24) is 4.57 Å². The molecule has 0 saturated heterocycles. The summed E-state index contributed by atoms with van der Waals surface area (Å²) in [6.07, 6.45) is 4.78. The molecule has 4 rings (SSSR count). The third kappa shape index (κ3) is 2.90. The molecule has 0 amide bonds. The van der Waals surface area contributed by atoms with Crippen molar-refractivity contribution in [1.29, 1.82) is 0 Å². The van der Waals surface area contributed by atoms with Crippen molar-refractivity contribution < 1.29 is 9.84 Å². The van der Waals surface area contributed by atoms with Crippen LogP contribution in [-0.4, -0.2) is 29.0 Å². The maximum absolute atomic E-state index is 10.5. The lowest BCUT2D eigenvalue weighted by molar-refractivity contribution is 0.0188. The van der Waals surface area contributed by atoms with E-state index in [2.05, 4.69) is 60.2 Å². The van der Waals surface area contributed by atoms with Crippen LogP contribution in [0, 0.1) is 0 Å². The van der Waals surface area contributed by atoms with Gasteiger partial charge in [0, 0.05) is 37.2 Å². The highest BCUT2D eigenvalue weighted by atomic mass is 16.5. The van der Waals surface area contributed by atoms with Crippen LogP contribution in [0.25, 0.3) is 17.0 Å². The molecule has 0 aliphatic heterocycles. The van der Waals surface area contributed by atoms with Crippen LogP contribution in [0.5, 0.6) is 0 Å². The molecule has 1 aliphatic carbocycles. The standard InChI is InChI=1S/C22H23NO2/c1-23-19-9-8-16(12-15-6-4-3-5-7-15)13-17(19)18-14-21(24)22(25-2)11-10-20(18)23/h3-11,13,21-22,24H,12,14H2,1-2H3. The van der Waals surface area contributed by atoms with Gasteiger partial charge >= 0.3 is 0 Å². The van der Waals surface area contributed by atoms with E-state index >= 15 is 0 Å². The molecule has 2 aromatic carbocycles. The van der Waals surface area contributed by atoms with Gasteiger partial charge in [-0.25, -0.2) is 0 Å². The first kappa shape index (κ1) is 16.1. The monoisotopic (exact) mass is 333 g/mol. The summed E-state index contributed by atoms with van der Waals surface area (Å²) < 4.78 is 7.60. The molecule has 2 unspecified atom stereocenters. The zero-order chi connectivity index (χ0) is 17.4. The molecule has 128 valence electrons. The summed E-state index contributed by atoms with van der Waals surface area (Å²) in [5.74, 6) is 0. The van der Waals surface area contributed by atoms with Crippen LogP contribution in [0.1, 0.15) is 22.4 Å².